The quantitative estimate of drug-likeness (QED) is 0.133. The number of hydrogen-bond donors (Lipinski definition) is 0. The Morgan fingerprint density at radius 3 is 2.25 bits per heavy atom. The molecule has 6 rings (SSSR count). The summed E-state index contributed by atoms with van der Waals surface area (Å²) in [4.78, 5) is 8.85. The molecule has 0 N–H and O–H groups in total. The fourth-order valence-corrected chi connectivity index (χ4v) is 6.75. The van der Waals surface area contributed by atoms with Gasteiger partial charge >= 0.3 is 0 Å². The Morgan fingerprint density at radius 2 is 1.62 bits per heavy atom. The molecule has 2 nitrogen and oxygen atoms in total. The molecule has 0 fully saturated rings. The van der Waals surface area contributed by atoms with Crippen LogP contribution in [0.5, 0.6) is 0 Å². The second-order valence-electron chi connectivity index (χ2n) is 11.0. The Morgan fingerprint density at radius 1 is 0.825 bits per heavy atom. The molecular formula is C35H34IrN2SSi-2. The molecule has 0 bridgehead atoms. The standard InChI is InChI=1S/C23H24NSSi.C12H10N.Ir/c1-15(2)16-9-11-21(24-14-16)19-8-6-7-18-20-13-17(26(3,4)5)10-12-22(20)25-23(18)19;1-10-7-8-12(13-9-10)11-5-3-2-4-6-11;/h6-7,9-15H,1-5H3;2-5,7-9H,1H3;/q2*-1;/i;1D3;. The number of hydrogen-bond acceptors (Lipinski definition) is 3. The van der Waals surface area contributed by atoms with Gasteiger partial charge in [0.2, 0.25) is 0 Å². The van der Waals surface area contributed by atoms with Crippen molar-refractivity contribution in [2.45, 2.75) is 46.3 Å². The molecule has 0 unspecified atom stereocenters. The predicted octanol–water partition coefficient (Wildman–Crippen LogP) is 9.44. The number of nitrogens with zero attached hydrogens (tertiary/aromatic N) is 2. The van der Waals surface area contributed by atoms with E-state index in [4.69, 9.17) is 9.10 Å². The van der Waals surface area contributed by atoms with Gasteiger partial charge in [0.15, 0.2) is 0 Å². The number of thiophene rings is 1. The summed E-state index contributed by atoms with van der Waals surface area (Å²) in [7, 11) is -1.32. The van der Waals surface area contributed by atoms with Gasteiger partial charge < -0.3 is 9.97 Å². The summed E-state index contributed by atoms with van der Waals surface area (Å²) >= 11 is 1.86. The van der Waals surface area contributed by atoms with Crippen LogP contribution in [0, 0.1) is 19.0 Å². The Balaban J connectivity index is 0.000000215. The average Bonchev–Trinajstić information content (AvgIpc) is 3.35. The van der Waals surface area contributed by atoms with Gasteiger partial charge in [0.25, 0.3) is 0 Å². The number of benzene rings is 3. The first-order valence-corrected chi connectivity index (χ1v) is 17.5. The second kappa shape index (κ2) is 12.7. The molecule has 205 valence electrons. The third kappa shape index (κ3) is 6.67. The molecule has 0 atom stereocenters. The Hall–Kier alpha value is -2.95. The van der Waals surface area contributed by atoms with Gasteiger partial charge in [-0.1, -0.05) is 80.5 Å². The molecule has 0 aliphatic heterocycles. The summed E-state index contributed by atoms with van der Waals surface area (Å²) in [6.07, 6.45) is 3.40. The molecule has 0 amide bonds. The van der Waals surface area contributed by atoms with Gasteiger partial charge in [-0.3, -0.25) is 0 Å². The first-order valence-electron chi connectivity index (χ1n) is 14.7. The Bertz CT molecular complexity index is 1810. The van der Waals surface area contributed by atoms with Crippen LogP contribution in [0.25, 0.3) is 42.7 Å². The summed E-state index contributed by atoms with van der Waals surface area (Å²) in [5.74, 6) is 0.501. The molecule has 6 aromatic rings. The first-order chi connectivity index (χ1) is 19.9. The van der Waals surface area contributed by atoms with Gasteiger partial charge in [0.1, 0.15) is 0 Å². The number of rotatable bonds is 4. The van der Waals surface area contributed by atoms with Crippen LogP contribution < -0.4 is 5.19 Å². The number of fused-ring (bicyclic) bond motifs is 3. The minimum Gasteiger partial charge on any atom is -0.304 e. The molecule has 40 heavy (non-hydrogen) atoms. The van der Waals surface area contributed by atoms with E-state index in [9.17, 15) is 0 Å². The van der Waals surface area contributed by atoms with Crippen molar-refractivity contribution < 1.29 is 24.2 Å². The molecular weight excluding hydrogens is 701 g/mol. The van der Waals surface area contributed by atoms with E-state index in [0.29, 0.717) is 5.92 Å². The molecule has 3 heterocycles. The maximum atomic E-state index is 7.23. The normalized spacial score (nSPS) is 12.7. The van der Waals surface area contributed by atoms with Crippen LogP contribution in [0.15, 0.2) is 91.3 Å². The number of pyridine rings is 2. The summed E-state index contributed by atoms with van der Waals surface area (Å²) in [6, 6.07) is 32.8. The van der Waals surface area contributed by atoms with Gasteiger partial charge in [-0.25, -0.2) is 0 Å². The Kier molecular flexibility index (Phi) is 8.25. The predicted molar refractivity (Wildman–Crippen MR) is 172 cm³/mol. The van der Waals surface area contributed by atoms with Crippen LogP contribution in [-0.4, -0.2) is 18.0 Å². The molecule has 0 aliphatic rings. The fraction of sp³-hybridized carbons (Fsp3) is 0.200. The van der Waals surface area contributed by atoms with Gasteiger partial charge in [-0.15, -0.1) is 59.7 Å². The van der Waals surface area contributed by atoms with E-state index in [0.717, 1.165) is 22.5 Å². The van der Waals surface area contributed by atoms with Crippen molar-refractivity contribution in [1.82, 2.24) is 9.97 Å². The molecule has 5 heteroatoms. The summed E-state index contributed by atoms with van der Waals surface area (Å²) in [6.45, 7) is 9.52. The van der Waals surface area contributed by atoms with Crippen molar-refractivity contribution in [3.63, 3.8) is 0 Å². The van der Waals surface area contributed by atoms with E-state index in [1.54, 1.807) is 18.2 Å². The molecule has 0 saturated heterocycles. The maximum Gasteiger partial charge on any atom is 0.0776 e. The summed E-state index contributed by atoms with van der Waals surface area (Å²) < 4.78 is 24.3. The summed E-state index contributed by atoms with van der Waals surface area (Å²) in [5, 5.41) is 4.21. The van der Waals surface area contributed by atoms with Crippen LogP contribution in [0.3, 0.4) is 0 Å². The smallest absolute Gasteiger partial charge is 0.0776 e. The summed E-state index contributed by atoms with van der Waals surface area (Å²) in [5.41, 5.74) is 5.25. The maximum absolute atomic E-state index is 7.23. The minimum absolute atomic E-state index is 0. The SMILES string of the molecule is CC(C)c1ccc(-c2[c-]ccc3c2sc2ccc([Si](C)(C)C)cc23)nc1.[2H]C([2H])([2H])c1ccc(-c2[c-]cccc2)nc1.[Ir]. The average molecular weight is 738 g/mol. The minimum atomic E-state index is -2.09. The monoisotopic (exact) mass is 738 g/mol. The van der Waals surface area contributed by atoms with Crippen molar-refractivity contribution in [1.29, 1.82) is 0 Å². The van der Waals surface area contributed by atoms with Gasteiger partial charge in [-0.2, -0.15) is 11.3 Å². The van der Waals surface area contributed by atoms with Crippen LogP contribution in [0.2, 0.25) is 19.6 Å². The zero-order valence-corrected chi connectivity index (χ0v) is 27.6. The van der Waals surface area contributed by atoms with Crippen LogP contribution >= 0.6 is 11.3 Å². The zero-order valence-electron chi connectivity index (χ0n) is 26.4. The van der Waals surface area contributed by atoms with Crippen molar-refractivity contribution in [3.05, 3.63) is 115 Å². The van der Waals surface area contributed by atoms with Crippen LogP contribution in [-0.2, 0) is 20.1 Å². The Labute approximate surface area is 261 Å². The zero-order chi connectivity index (χ0) is 30.1. The van der Waals surface area contributed by atoms with Crippen molar-refractivity contribution in [2.75, 3.05) is 0 Å². The fourth-order valence-electron chi connectivity index (χ4n) is 4.40. The van der Waals surface area contributed by atoms with E-state index < -0.39 is 14.9 Å². The van der Waals surface area contributed by atoms with Gasteiger partial charge in [0.05, 0.1) is 8.07 Å². The second-order valence-corrected chi connectivity index (χ2v) is 17.1. The first kappa shape index (κ1) is 26.0. The largest absolute Gasteiger partial charge is 0.304 e. The van der Waals surface area contributed by atoms with Crippen molar-refractivity contribution in [2.24, 2.45) is 0 Å². The van der Waals surface area contributed by atoms with E-state index in [1.807, 2.05) is 41.8 Å². The van der Waals surface area contributed by atoms with E-state index in [-0.39, 0.29) is 25.7 Å². The van der Waals surface area contributed by atoms with Crippen LogP contribution in [0.1, 0.15) is 35.0 Å². The molecule has 0 spiro atoms. The van der Waals surface area contributed by atoms with E-state index in [2.05, 4.69) is 87.0 Å². The van der Waals surface area contributed by atoms with Crippen LogP contribution in [0.4, 0.5) is 0 Å². The molecule has 0 saturated carbocycles. The van der Waals surface area contributed by atoms with Crippen molar-refractivity contribution in [3.8, 4) is 22.5 Å². The number of aryl methyl sites for hydroxylation is 1. The van der Waals surface area contributed by atoms with Crippen molar-refractivity contribution >= 4 is 44.8 Å². The number of aromatic nitrogens is 2. The molecule has 0 aliphatic carbocycles. The van der Waals surface area contributed by atoms with E-state index >= 15 is 0 Å². The molecule has 3 aromatic heterocycles. The molecule has 3 aromatic carbocycles. The molecule has 1 radical (unpaired) electrons. The third-order valence-electron chi connectivity index (χ3n) is 6.75. The van der Waals surface area contributed by atoms with E-state index in [1.165, 1.54) is 37.1 Å². The topological polar surface area (TPSA) is 25.8 Å². The van der Waals surface area contributed by atoms with Gasteiger partial charge in [-0.05, 0) is 51.4 Å². The van der Waals surface area contributed by atoms with Gasteiger partial charge in [0, 0.05) is 41.3 Å². The third-order valence-corrected chi connectivity index (χ3v) is 10.0.